The highest BCUT2D eigenvalue weighted by atomic mass is 32.1. The Morgan fingerprint density at radius 2 is 2.04 bits per heavy atom. The van der Waals surface area contributed by atoms with Crippen molar-refractivity contribution in [1.82, 2.24) is 19.8 Å². The van der Waals surface area contributed by atoms with E-state index in [1.807, 2.05) is 23.6 Å². The van der Waals surface area contributed by atoms with Gasteiger partial charge in [0.05, 0.1) is 12.2 Å². The van der Waals surface area contributed by atoms with Crippen molar-refractivity contribution in [2.24, 2.45) is 0 Å². The molecule has 0 radical (unpaired) electrons. The van der Waals surface area contributed by atoms with Gasteiger partial charge < -0.3 is 4.90 Å². The molecule has 0 saturated carbocycles. The molecular formula is C20H30N4S. The monoisotopic (exact) mass is 358 g/mol. The van der Waals surface area contributed by atoms with Gasteiger partial charge in [0, 0.05) is 35.8 Å². The molecule has 0 unspecified atom stereocenters. The Kier molecular flexibility index (Phi) is 6.57. The number of aromatic nitrogens is 2. The van der Waals surface area contributed by atoms with Crippen LogP contribution in [0.3, 0.4) is 0 Å². The van der Waals surface area contributed by atoms with Crippen molar-refractivity contribution < 1.29 is 0 Å². The van der Waals surface area contributed by atoms with Crippen LogP contribution in [-0.2, 0) is 13.0 Å². The van der Waals surface area contributed by atoms with Crippen molar-refractivity contribution in [2.45, 2.75) is 52.6 Å². The highest BCUT2D eigenvalue weighted by Gasteiger charge is 2.25. The molecule has 2 aromatic heterocycles. The fourth-order valence-corrected chi connectivity index (χ4v) is 4.54. The average Bonchev–Trinajstić information content (AvgIpc) is 2.97. The number of thiazole rings is 1. The van der Waals surface area contributed by atoms with Gasteiger partial charge in [-0.25, -0.2) is 4.98 Å². The maximum Gasteiger partial charge on any atom is 0.107 e. The lowest BCUT2D eigenvalue weighted by molar-refractivity contribution is 0.106. The van der Waals surface area contributed by atoms with E-state index in [9.17, 15) is 0 Å². The Hall–Kier alpha value is -1.30. The van der Waals surface area contributed by atoms with Crippen molar-refractivity contribution in [3.05, 3.63) is 45.7 Å². The summed E-state index contributed by atoms with van der Waals surface area (Å²) in [7, 11) is 0. The van der Waals surface area contributed by atoms with E-state index in [4.69, 9.17) is 4.98 Å². The second kappa shape index (κ2) is 8.88. The summed E-state index contributed by atoms with van der Waals surface area (Å²) in [4.78, 5) is 15.8. The number of rotatable bonds is 7. The fraction of sp³-hybridized carbons (Fsp3) is 0.600. The fourth-order valence-electron chi connectivity index (χ4n) is 3.58. The van der Waals surface area contributed by atoms with E-state index in [1.54, 1.807) is 0 Å². The predicted octanol–water partition coefficient (Wildman–Crippen LogP) is 3.68. The Labute approximate surface area is 155 Å². The third-order valence-corrected chi connectivity index (χ3v) is 6.37. The number of likely N-dealkylation sites (tertiary alicyclic amines) is 1. The second-order valence-electron chi connectivity index (χ2n) is 6.96. The first kappa shape index (κ1) is 18.5. The van der Waals surface area contributed by atoms with Crippen LogP contribution >= 0.6 is 11.3 Å². The van der Waals surface area contributed by atoms with Crippen LogP contribution in [0.15, 0.2) is 24.4 Å². The van der Waals surface area contributed by atoms with E-state index in [2.05, 4.69) is 47.7 Å². The first-order valence-corrected chi connectivity index (χ1v) is 10.3. The molecule has 0 bridgehead atoms. The van der Waals surface area contributed by atoms with Gasteiger partial charge >= 0.3 is 0 Å². The summed E-state index contributed by atoms with van der Waals surface area (Å²) in [5, 5.41) is 1.26. The van der Waals surface area contributed by atoms with Gasteiger partial charge in [0.1, 0.15) is 5.01 Å². The molecule has 1 aliphatic heterocycles. The molecule has 2 aromatic rings. The highest BCUT2D eigenvalue weighted by molar-refractivity contribution is 7.11. The Morgan fingerprint density at radius 3 is 2.64 bits per heavy atom. The summed E-state index contributed by atoms with van der Waals surface area (Å²) >= 11 is 1.85. The largest absolute Gasteiger partial charge is 0.303 e. The molecule has 0 amide bonds. The van der Waals surface area contributed by atoms with Crippen molar-refractivity contribution in [3.8, 4) is 0 Å². The van der Waals surface area contributed by atoms with Crippen LogP contribution in [0.1, 0.15) is 41.0 Å². The molecule has 1 aliphatic rings. The van der Waals surface area contributed by atoms with E-state index in [0.717, 1.165) is 19.5 Å². The molecule has 1 saturated heterocycles. The van der Waals surface area contributed by atoms with Crippen LogP contribution in [0.5, 0.6) is 0 Å². The zero-order chi connectivity index (χ0) is 17.6. The topological polar surface area (TPSA) is 32.3 Å². The molecule has 4 nitrogen and oxygen atoms in total. The lowest BCUT2D eigenvalue weighted by Crippen LogP contribution is -2.45. The summed E-state index contributed by atoms with van der Waals surface area (Å²) in [6.07, 6.45) is 5.43. The average molecular weight is 359 g/mol. The van der Waals surface area contributed by atoms with Crippen LogP contribution in [0, 0.1) is 13.8 Å². The van der Waals surface area contributed by atoms with E-state index in [1.165, 1.54) is 53.7 Å². The Balaban J connectivity index is 1.66. The molecule has 0 spiro atoms. The molecule has 136 valence electrons. The molecule has 1 fully saturated rings. The number of hydrogen-bond acceptors (Lipinski definition) is 5. The maximum atomic E-state index is 4.78. The standard InChI is InChI=1S/C20H30N4S/c1-4-23-12-9-19(10-13-23)24(14-8-18-7-5-6-11-21-18)15-20-22-16(2)17(3)25-20/h5-7,11,19H,4,8-10,12-15H2,1-3H3. The van der Waals surface area contributed by atoms with Crippen LogP contribution in [0.25, 0.3) is 0 Å². The van der Waals surface area contributed by atoms with E-state index in [0.29, 0.717) is 6.04 Å². The number of pyridine rings is 1. The Bertz CT molecular complexity index is 627. The number of piperidine rings is 1. The lowest BCUT2D eigenvalue weighted by atomic mass is 10.0. The quantitative estimate of drug-likeness (QED) is 0.756. The van der Waals surface area contributed by atoms with E-state index in [-0.39, 0.29) is 0 Å². The molecule has 0 aliphatic carbocycles. The molecule has 0 atom stereocenters. The molecule has 3 heterocycles. The number of nitrogens with zero attached hydrogens (tertiary/aromatic N) is 4. The van der Waals surface area contributed by atoms with Crippen LogP contribution in [0.2, 0.25) is 0 Å². The minimum Gasteiger partial charge on any atom is -0.303 e. The van der Waals surface area contributed by atoms with Gasteiger partial charge in [0.2, 0.25) is 0 Å². The minimum atomic E-state index is 0.663. The van der Waals surface area contributed by atoms with Gasteiger partial charge in [-0.1, -0.05) is 13.0 Å². The number of aryl methyl sites for hydroxylation is 2. The van der Waals surface area contributed by atoms with Crippen LogP contribution in [0.4, 0.5) is 0 Å². The molecule has 0 aromatic carbocycles. The predicted molar refractivity (Wildman–Crippen MR) is 105 cm³/mol. The molecule has 25 heavy (non-hydrogen) atoms. The molecule has 3 rings (SSSR count). The van der Waals surface area contributed by atoms with Crippen molar-refractivity contribution in [2.75, 3.05) is 26.2 Å². The highest BCUT2D eigenvalue weighted by Crippen LogP contribution is 2.23. The van der Waals surface area contributed by atoms with Gasteiger partial charge in [0.15, 0.2) is 0 Å². The summed E-state index contributed by atoms with van der Waals surface area (Å²) in [6, 6.07) is 6.87. The van der Waals surface area contributed by atoms with Gasteiger partial charge in [-0.2, -0.15) is 0 Å². The molecule has 5 heteroatoms. The van der Waals surface area contributed by atoms with E-state index < -0.39 is 0 Å². The first-order chi connectivity index (χ1) is 12.2. The van der Waals surface area contributed by atoms with Gasteiger partial charge in [-0.3, -0.25) is 9.88 Å². The SMILES string of the molecule is CCN1CCC(N(CCc2ccccn2)Cc2nc(C)c(C)s2)CC1. The summed E-state index contributed by atoms with van der Waals surface area (Å²) < 4.78 is 0. The third-order valence-electron chi connectivity index (χ3n) is 5.31. The third kappa shape index (κ3) is 5.09. The normalized spacial score (nSPS) is 16.6. The molecule has 0 N–H and O–H groups in total. The van der Waals surface area contributed by atoms with Gasteiger partial charge in [-0.15, -0.1) is 11.3 Å². The van der Waals surface area contributed by atoms with Gasteiger partial charge in [0.25, 0.3) is 0 Å². The minimum absolute atomic E-state index is 0.663. The maximum absolute atomic E-state index is 4.78. The number of hydrogen-bond donors (Lipinski definition) is 0. The Morgan fingerprint density at radius 1 is 1.24 bits per heavy atom. The lowest BCUT2D eigenvalue weighted by Gasteiger charge is -2.38. The summed E-state index contributed by atoms with van der Waals surface area (Å²) in [6.45, 7) is 12.2. The summed E-state index contributed by atoms with van der Waals surface area (Å²) in [5.74, 6) is 0. The second-order valence-corrected chi connectivity index (χ2v) is 8.24. The molecular weight excluding hydrogens is 328 g/mol. The van der Waals surface area contributed by atoms with Gasteiger partial charge in [-0.05, 0) is 58.5 Å². The zero-order valence-electron chi connectivity index (χ0n) is 15.7. The summed E-state index contributed by atoms with van der Waals surface area (Å²) in [5.41, 5.74) is 2.37. The van der Waals surface area contributed by atoms with E-state index >= 15 is 0 Å². The van der Waals surface area contributed by atoms with Crippen LogP contribution in [-0.4, -0.2) is 52.0 Å². The zero-order valence-corrected chi connectivity index (χ0v) is 16.6. The van der Waals surface area contributed by atoms with Crippen LogP contribution < -0.4 is 0 Å². The first-order valence-electron chi connectivity index (χ1n) is 9.45. The van der Waals surface area contributed by atoms with Crippen molar-refractivity contribution in [3.63, 3.8) is 0 Å². The smallest absolute Gasteiger partial charge is 0.107 e. The van der Waals surface area contributed by atoms with Crippen molar-refractivity contribution >= 4 is 11.3 Å². The van der Waals surface area contributed by atoms with Crippen molar-refractivity contribution in [1.29, 1.82) is 0 Å².